The lowest BCUT2D eigenvalue weighted by atomic mass is 9.97. The summed E-state index contributed by atoms with van der Waals surface area (Å²) in [5.74, 6) is 0.280. The fraction of sp³-hybridized carbons (Fsp3) is 0.714. The fourth-order valence-corrected chi connectivity index (χ4v) is 1.43. The molecule has 68 valence electrons. The van der Waals surface area contributed by atoms with Crippen molar-refractivity contribution in [2.45, 2.75) is 31.3 Å². The first-order valence-electron chi connectivity index (χ1n) is 4.05. The Bertz CT molecular complexity index is 180. The zero-order valence-corrected chi connectivity index (χ0v) is 6.93. The largest absolute Gasteiger partial charge is 0.386 e. The van der Waals surface area contributed by atoms with Crippen LogP contribution >= 0.6 is 0 Å². The summed E-state index contributed by atoms with van der Waals surface area (Å²) in [6.07, 6.45) is 2.72. The van der Waals surface area contributed by atoms with E-state index in [2.05, 4.69) is 5.32 Å². The van der Waals surface area contributed by atoms with Crippen LogP contribution in [0, 0.1) is 10.8 Å². The van der Waals surface area contributed by atoms with Crippen LogP contribution in [0.4, 0.5) is 0 Å². The van der Waals surface area contributed by atoms with Gasteiger partial charge in [0.2, 0.25) is 0 Å². The summed E-state index contributed by atoms with van der Waals surface area (Å²) >= 11 is 0. The molecule has 0 radical (unpaired) electrons. The second-order valence-electron chi connectivity index (χ2n) is 3.11. The van der Waals surface area contributed by atoms with Gasteiger partial charge in [-0.3, -0.25) is 16.1 Å². The topological polar surface area (TPSA) is 112 Å². The average molecular weight is 169 g/mol. The van der Waals surface area contributed by atoms with Crippen LogP contribution in [0.15, 0.2) is 0 Å². The Hall–Kier alpha value is -1.10. The van der Waals surface area contributed by atoms with Crippen molar-refractivity contribution in [3.05, 3.63) is 0 Å². The Morgan fingerprint density at radius 2 is 1.50 bits per heavy atom. The van der Waals surface area contributed by atoms with E-state index in [1.54, 1.807) is 0 Å². The first-order valence-corrected chi connectivity index (χ1v) is 4.05. The third kappa shape index (κ3) is 1.94. The molecule has 1 fully saturated rings. The molecule has 7 N–H and O–H groups in total. The molecule has 0 spiro atoms. The van der Waals surface area contributed by atoms with Gasteiger partial charge in [-0.05, 0) is 19.3 Å². The van der Waals surface area contributed by atoms with E-state index in [1.807, 2.05) is 0 Å². The van der Waals surface area contributed by atoms with Gasteiger partial charge < -0.3 is 11.5 Å². The van der Waals surface area contributed by atoms with Gasteiger partial charge in [0.15, 0.2) is 0 Å². The van der Waals surface area contributed by atoms with Gasteiger partial charge in [0.1, 0.15) is 11.7 Å². The number of rotatable bonds is 2. The molecule has 0 bridgehead atoms. The highest BCUT2D eigenvalue weighted by molar-refractivity contribution is 5.86. The number of hydrogen-bond donors (Lipinski definition) is 5. The quantitative estimate of drug-likeness (QED) is 0.280. The standard InChI is InChI=1S/C7H15N5/c8-6(9)4-2-1-3-5(12-4)7(10)11/h4-5,12H,1-3H2,(H3,8,9)(H3,10,11). The molecule has 2 atom stereocenters. The molecule has 1 heterocycles. The predicted molar refractivity (Wildman–Crippen MR) is 48.4 cm³/mol. The summed E-state index contributed by atoms with van der Waals surface area (Å²) in [5.41, 5.74) is 10.7. The summed E-state index contributed by atoms with van der Waals surface area (Å²) in [4.78, 5) is 0. The van der Waals surface area contributed by atoms with Gasteiger partial charge in [0.05, 0.1) is 12.1 Å². The molecule has 0 aromatic rings. The molecule has 1 aliphatic heterocycles. The Balaban J connectivity index is 2.51. The fourth-order valence-electron chi connectivity index (χ4n) is 1.43. The monoisotopic (exact) mass is 169 g/mol. The summed E-state index contributed by atoms with van der Waals surface area (Å²) in [6, 6.07) is -0.180. The molecule has 0 aromatic heterocycles. The van der Waals surface area contributed by atoms with Crippen molar-refractivity contribution in [1.82, 2.24) is 5.32 Å². The average Bonchev–Trinajstić information content (AvgIpc) is 2.04. The van der Waals surface area contributed by atoms with E-state index in [4.69, 9.17) is 22.3 Å². The highest BCUT2D eigenvalue weighted by Crippen LogP contribution is 2.12. The minimum absolute atomic E-state index is 0.0901. The lowest BCUT2D eigenvalue weighted by Crippen LogP contribution is -2.53. The van der Waals surface area contributed by atoms with Crippen LogP contribution in [-0.2, 0) is 0 Å². The molecule has 1 aliphatic rings. The summed E-state index contributed by atoms with van der Waals surface area (Å²) < 4.78 is 0. The zero-order chi connectivity index (χ0) is 9.14. The minimum atomic E-state index is -0.0901. The van der Waals surface area contributed by atoms with Gasteiger partial charge in [-0.2, -0.15) is 0 Å². The van der Waals surface area contributed by atoms with E-state index in [0.29, 0.717) is 0 Å². The molecule has 1 saturated heterocycles. The SMILES string of the molecule is N=C(N)C1CCCC(C(=N)N)N1. The van der Waals surface area contributed by atoms with Crippen LogP contribution in [0.2, 0.25) is 0 Å². The van der Waals surface area contributed by atoms with Crippen LogP contribution in [0.25, 0.3) is 0 Å². The molecule has 5 heteroatoms. The first-order chi connectivity index (χ1) is 5.61. The maximum Gasteiger partial charge on any atom is 0.108 e. The van der Waals surface area contributed by atoms with E-state index in [0.717, 1.165) is 19.3 Å². The molecule has 0 aliphatic carbocycles. The first kappa shape index (κ1) is 8.99. The predicted octanol–water partition coefficient (Wildman–Crippen LogP) is -0.631. The molecular formula is C7H15N5. The smallest absolute Gasteiger partial charge is 0.108 e. The molecule has 0 aromatic carbocycles. The van der Waals surface area contributed by atoms with Crippen molar-refractivity contribution in [1.29, 1.82) is 10.8 Å². The summed E-state index contributed by atoms with van der Waals surface area (Å²) in [6.45, 7) is 0. The third-order valence-corrected chi connectivity index (χ3v) is 2.14. The van der Waals surface area contributed by atoms with E-state index in [-0.39, 0.29) is 23.8 Å². The van der Waals surface area contributed by atoms with E-state index < -0.39 is 0 Å². The van der Waals surface area contributed by atoms with Gasteiger partial charge in [-0.1, -0.05) is 0 Å². The van der Waals surface area contributed by atoms with Gasteiger partial charge in [-0.25, -0.2) is 0 Å². The van der Waals surface area contributed by atoms with E-state index in [1.165, 1.54) is 0 Å². The Morgan fingerprint density at radius 3 is 1.83 bits per heavy atom. The molecule has 12 heavy (non-hydrogen) atoms. The Labute approximate surface area is 71.5 Å². The summed E-state index contributed by atoms with van der Waals surface area (Å²) in [7, 11) is 0. The van der Waals surface area contributed by atoms with Crippen molar-refractivity contribution in [2.75, 3.05) is 0 Å². The highest BCUT2D eigenvalue weighted by Gasteiger charge is 2.24. The van der Waals surface area contributed by atoms with Crippen LogP contribution in [0.5, 0.6) is 0 Å². The number of piperidine rings is 1. The van der Waals surface area contributed by atoms with Gasteiger partial charge in [0.25, 0.3) is 0 Å². The molecule has 0 amide bonds. The maximum atomic E-state index is 7.22. The molecule has 2 unspecified atom stereocenters. The van der Waals surface area contributed by atoms with Crippen molar-refractivity contribution in [3.63, 3.8) is 0 Å². The second kappa shape index (κ2) is 3.53. The van der Waals surface area contributed by atoms with Crippen molar-refractivity contribution < 1.29 is 0 Å². The van der Waals surface area contributed by atoms with Gasteiger partial charge in [-0.15, -0.1) is 0 Å². The number of nitrogens with two attached hydrogens (primary N) is 2. The third-order valence-electron chi connectivity index (χ3n) is 2.14. The van der Waals surface area contributed by atoms with Gasteiger partial charge in [0, 0.05) is 0 Å². The maximum absolute atomic E-state index is 7.22. The normalized spacial score (nSPS) is 29.7. The molecular weight excluding hydrogens is 154 g/mol. The van der Waals surface area contributed by atoms with Crippen LogP contribution < -0.4 is 16.8 Å². The second-order valence-corrected chi connectivity index (χ2v) is 3.11. The zero-order valence-electron chi connectivity index (χ0n) is 6.93. The Kier molecular flexibility index (Phi) is 2.65. The lowest BCUT2D eigenvalue weighted by Gasteiger charge is -2.29. The molecule has 1 rings (SSSR count). The number of amidine groups is 2. The van der Waals surface area contributed by atoms with Crippen molar-refractivity contribution >= 4 is 11.7 Å². The van der Waals surface area contributed by atoms with Crippen molar-refractivity contribution in [3.8, 4) is 0 Å². The number of nitrogens with one attached hydrogen (secondary N) is 3. The highest BCUT2D eigenvalue weighted by atomic mass is 15.0. The minimum Gasteiger partial charge on any atom is -0.386 e. The van der Waals surface area contributed by atoms with E-state index in [9.17, 15) is 0 Å². The lowest BCUT2D eigenvalue weighted by molar-refractivity contribution is 0.424. The van der Waals surface area contributed by atoms with Gasteiger partial charge >= 0.3 is 0 Å². The van der Waals surface area contributed by atoms with Crippen LogP contribution in [0.3, 0.4) is 0 Å². The summed E-state index contributed by atoms with van der Waals surface area (Å²) in [5, 5.41) is 17.5. The van der Waals surface area contributed by atoms with Crippen LogP contribution in [-0.4, -0.2) is 23.8 Å². The van der Waals surface area contributed by atoms with Crippen molar-refractivity contribution in [2.24, 2.45) is 11.5 Å². The molecule has 0 saturated carbocycles. The Morgan fingerprint density at radius 1 is 1.08 bits per heavy atom. The van der Waals surface area contributed by atoms with E-state index >= 15 is 0 Å². The van der Waals surface area contributed by atoms with Crippen LogP contribution in [0.1, 0.15) is 19.3 Å². The number of hydrogen-bond acceptors (Lipinski definition) is 3. The molecule has 5 nitrogen and oxygen atoms in total.